The normalized spacial score (nSPS) is 12.9. The van der Waals surface area contributed by atoms with Crippen LogP contribution in [0.3, 0.4) is 0 Å². The van der Waals surface area contributed by atoms with E-state index >= 15 is 0 Å². The van der Waals surface area contributed by atoms with Gasteiger partial charge in [0.05, 0.1) is 11.6 Å². The number of hydrogen-bond acceptors (Lipinski definition) is 6. The average Bonchev–Trinajstić information content (AvgIpc) is 3.18. The molecule has 3 heterocycles. The molecule has 3 aromatic rings. The quantitative estimate of drug-likeness (QED) is 0.750. The fraction of sp³-hybridized carbons (Fsp3) is 0.438. The molecule has 0 radical (unpaired) electrons. The smallest absolute Gasteiger partial charge is 0.163 e. The molecule has 122 valence electrons. The lowest BCUT2D eigenvalue weighted by molar-refractivity contribution is 0.117. The Bertz CT molecular complexity index is 781. The molecule has 0 saturated carbocycles. The van der Waals surface area contributed by atoms with Crippen molar-refractivity contribution in [1.82, 2.24) is 19.7 Å². The van der Waals surface area contributed by atoms with E-state index in [4.69, 9.17) is 4.74 Å². The standard InChI is InChI=1S/C16H21N5OS/c1-10(2)14-19-15(11-8-18-21(3)16(11)20-14)17-9-12(22-4)13-6-5-7-23-13/h5-8,10,12H,9H2,1-4H3,(H,17,19,20)/t12-/m1/s1. The molecule has 0 amide bonds. The van der Waals surface area contributed by atoms with Gasteiger partial charge in [0.15, 0.2) is 5.65 Å². The maximum atomic E-state index is 5.60. The Morgan fingerprint density at radius 2 is 2.17 bits per heavy atom. The summed E-state index contributed by atoms with van der Waals surface area (Å²) in [4.78, 5) is 10.5. The van der Waals surface area contributed by atoms with Crippen LogP contribution in [0.15, 0.2) is 23.7 Å². The Morgan fingerprint density at radius 1 is 1.35 bits per heavy atom. The molecule has 1 atom stereocenters. The van der Waals surface area contributed by atoms with E-state index in [1.807, 2.05) is 13.1 Å². The highest BCUT2D eigenvalue weighted by atomic mass is 32.1. The number of aromatic nitrogens is 4. The molecule has 0 bridgehead atoms. The lowest BCUT2D eigenvalue weighted by Gasteiger charge is -2.16. The second-order valence-electron chi connectivity index (χ2n) is 5.71. The van der Waals surface area contributed by atoms with Gasteiger partial charge in [-0.25, -0.2) is 9.97 Å². The first-order chi connectivity index (χ1) is 11.1. The van der Waals surface area contributed by atoms with Crippen molar-refractivity contribution in [1.29, 1.82) is 0 Å². The summed E-state index contributed by atoms with van der Waals surface area (Å²) in [5.41, 5.74) is 0.844. The number of fused-ring (bicyclic) bond motifs is 1. The number of nitrogens with one attached hydrogen (secondary N) is 1. The summed E-state index contributed by atoms with van der Waals surface area (Å²) < 4.78 is 7.37. The van der Waals surface area contributed by atoms with E-state index in [-0.39, 0.29) is 12.0 Å². The Kier molecular flexibility index (Phi) is 4.58. The Morgan fingerprint density at radius 3 is 2.83 bits per heavy atom. The minimum absolute atomic E-state index is 0.000753. The molecule has 0 fully saturated rings. The van der Waals surface area contributed by atoms with E-state index in [1.54, 1.807) is 29.3 Å². The van der Waals surface area contributed by atoms with Crippen molar-refractivity contribution in [2.75, 3.05) is 19.0 Å². The number of methoxy groups -OCH3 is 1. The lowest BCUT2D eigenvalue weighted by Crippen LogP contribution is -2.15. The molecule has 3 rings (SSSR count). The van der Waals surface area contributed by atoms with Gasteiger partial charge in [0.1, 0.15) is 17.7 Å². The van der Waals surface area contributed by atoms with Crippen LogP contribution < -0.4 is 5.32 Å². The maximum Gasteiger partial charge on any atom is 0.163 e. The van der Waals surface area contributed by atoms with Crippen molar-refractivity contribution in [3.8, 4) is 0 Å². The summed E-state index contributed by atoms with van der Waals surface area (Å²) in [7, 11) is 3.62. The summed E-state index contributed by atoms with van der Waals surface area (Å²) in [5, 5.41) is 10.7. The van der Waals surface area contributed by atoms with Crippen LogP contribution in [0.5, 0.6) is 0 Å². The summed E-state index contributed by atoms with van der Waals surface area (Å²) in [6, 6.07) is 4.12. The predicted octanol–water partition coefficient (Wildman–Crippen LogP) is 3.35. The zero-order valence-electron chi connectivity index (χ0n) is 13.8. The number of nitrogens with zero attached hydrogens (tertiary/aromatic N) is 4. The number of anilines is 1. The van der Waals surface area contributed by atoms with Gasteiger partial charge in [-0.15, -0.1) is 11.3 Å². The summed E-state index contributed by atoms with van der Waals surface area (Å²) in [6.45, 7) is 4.82. The van der Waals surface area contributed by atoms with Crippen molar-refractivity contribution < 1.29 is 4.74 Å². The molecule has 6 nitrogen and oxygen atoms in total. The largest absolute Gasteiger partial charge is 0.374 e. The monoisotopic (exact) mass is 331 g/mol. The van der Waals surface area contributed by atoms with Crippen molar-refractivity contribution >= 4 is 28.2 Å². The Hall–Kier alpha value is -1.99. The van der Waals surface area contributed by atoms with Crippen LogP contribution in [0.25, 0.3) is 11.0 Å². The van der Waals surface area contributed by atoms with Gasteiger partial charge in [-0.2, -0.15) is 5.10 Å². The molecule has 0 aliphatic rings. The zero-order chi connectivity index (χ0) is 16.4. The second-order valence-corrected chi connectivity index (χ2v) is 6.69. The topological polar surface area (TPSA) is 64.9 Å². The number of aryl methyl sites for hydroxylation is 1. The zero-order valence-corrected chi connectivity index (χ0v) is 14.6. The Balaban J connectivity index is 1.89. The highest BCUT2D eigenvalue weighted by Crippen LogP contribution is 2.25. The van der Waals surface area contributed by atoms with Crippen molar-refractivity contribution in [2.24, 2.45) is 7.05 Å². The van der Waals surface area contributed by atoms with Crippen LogP contribution in [0.1, 0.15) is 36.6 Å². The minimum Gasteiger partial charge on any atom is -0.374 e. The number of ether oxygens (including phenoxy) is 1. The third kappa shape index (κ3) is 3.20. The van der Waals surface area contributed by atoms with Crippen molar-refractivity contribution in [3.05, 3.63) is 34.4 Å². The summed E-state index contributed by atoms with van der Waals surface area (Å²) in [5.74, 6) is 1.88. The van der Waals surface area contributed by atoms with Gasteiger partial charge in [-0.1, -0.05) is 19.9 Å². The summed E-state index contributed by atoms with van der Waals surface area (Å²) in [6.07, 6.45) is 1.80. The SMILES string of the molecule is CO[C@H](CNc1nc(C(C)C)nc2c1cnn2C)c1cccs1. The van der Waals surface area contributed by atoms with E-state index in [2.05, 4.69) is 45.7 Å². The molecule has 7 heteroatoms. The van der Waals surface area contributed by atoms with E-state index in [0.29, 0.717) is 6.54 Å². The lowest BCUT2D eigenvalue weighted by atomic mass is 10.2. The predicted molar refractivity (Wildman–Crippen MR) is 93.0 cm³/mol. The minimum atomic E-state index is -0.000753. The Labute approximate surface area is 139 Å². The van der Waals surface area contributed by atoms with Crippen LogP contribution in [0, 0.1) is 0 Å². The van der Waals surface area contributed by atoms with Crippen molar-refractivity contribution in [2.45, 2.75) is 25.9 Å². The number of rotatable bonds is 6. The molecule has 1 N–H and O–H groups in total. The van der Waals surface area contributed by atoms with Crippen LogP contribution in [-0.4, -0.2) is 33.4 Å². The van der Waals surface area contributed by atoms with Crippen molar-refractivity contribution in [3.63, 3.8) is 0 Å². The van der Waals surface area contributed by atoms with Gasteiger partial charge in [0.25, 0.3) is 0 Å². The number of thiophene rings is 1. The van der Waals surface area contributed by atoms with Gasteiger partial charge < -0.3 is 10.1 Å². The molecule has 0 spiro atoms. The molecule has 0 unspecified atom stereocenters. The molecule has 0 aromatic carbocycles. The highest BCUT2D eigenvalue weighted by molar-refractivity contribution is 7.10. The molecule has 0 saturated heterocycles. The third-order valence-electron chi connectivity index (χ3n) is 3.73. The average molecular weight is 331 g/mol. The van der Waals surface area contributed by atoms with E-state index in [0.717, 1.165) is 22.7 Å². The fourth-order valence-corrected chi connectivity index (χ4v) is 3.20. The van der Waals surface area contributed by atoms with E-state index in [9.17, 15) is 0 Å². The first-order valence-electron chi connectivity index (χ1n) is 7.60. The maximum absolute atomic E-state index is 5.60. The van der Waals surface area contributed by atoms with Gasteiger partial charge in [0, 0.05) is 31.5 Å². The van der Waals surface area contributed by atoms with Crippen LogP contribution in [0.2, 0.25) is 0 Å². The van der Waals surface area contributed by atoms with E-state index in [1.165, 1.54) is 4.88 Å². The summed E-state index contributed by atoms with van der Waals surface area (Å²) >= 11 is 1.69. The van der Waals surface area contributed by atoms with Crippen LogP contribution >= 0.6 is 11.3 Å². The molecular formula is C16H21N5OS. The molecule has 0 aliphatic carbocycles. The molecule has 3 aromatic heterocycles. The number of hydrogen-bond donors (Lipinski definition) is 1. The highest BCUT2D eigenvalue weighted by Gasteiger charge is 2.16. The van der Waals surface area contributed by atoms with Crippen LogP contribution in [0.4, 0.5) is 5.82 Å². The molecule has 0 aliphatic heterocycles. The molecular weight excluding hydrogens is 310 g/mol. The second kappa shape index (κ2) is 6.64. The van der Waals surface area contributed by atoms with E-state index < -0.39 is 0 Å². The van der Waals surface area contributed by atoms with Crippen LogP contribution in [-0.2, 0) is 11.8 Å². The first kappa shape index (κ1) is 15.9. The van der Waals surface area contributed by atoms with Gasteiger partial charge in [0.2, 0.25) is 0 Å². The fourth-order valence-electron chi connectivity index (χ4n) is 2.40. The third-order valence-corrected chi connectivity index (χ3v) is 4.69. The van der Waals surface area contributed by atoms with Gasteiger partial charge in [-0.3, -0.25) is 4.68 Å². The van der Waals surface area contributed by atoms with Gasteiger partial charge >= 0.3 is 0 Å². The molecule has 23 heavy (non-hydrogen) atoms. The van der Waals surface area contributed by atoms with Gasteiger partial charge in [-0.05, 0) is 11.4 Å². The first-order valence-corrected chi connectivity index (χ1v) is 8.47.